The summed E-state index contributed by atoms with van der Waals surface area (Å²) < 4.78 is 26.9. The molecule has 3 aromatic rings. The zero-order valence-corrected chi connectivity index (χ0v) is 18.8. The Morgan fingerprint density at radius 2 is 1.77 bits per heavy atom. The zero-order chi connectivity index (χ0) is 22.1. The average molecular weight is 459 g/mol. The number of benzene rings is 3. The van der Waals surface area contributed by atoms with E-state index in [-0.39, 0.29) is 18.1 Å². The van der Waals surface area contributed by atoms with Crippen LogP contribution in [-0.2, 0) is 6.54 Å². The molecule has 0 bridgehead atoms. The number of para-hydroxylation sites is 1. The highest BCUT2D eigenvalue weighted by Gasteiger charge is 2.33. The van der Waals surface area contributed by atoms with Gasteiger partial charge in [0, 0.05) is 16.7 Å². The quantitative estimate of drug-likeness (QED) is 0.411. The molecular formula is C23H20ClFN2O3S. The number of carbonyl (C=O) groups excluding carboxylic acids is 1. The molecule has 0 radical (unpaired) electrons. The highest BCUT2D eigenvalue weighted by Crippen LogP contribution is 2.44. The zero-order valence-electron chi connectivity index (χ0n) is 17.2. The molecule has 1 aliphatic heterocycles. The van der Waals surface area contributed by atoms with E-state index in [2.05, 4.69) is 0 Å². The van der Waals surface area contributed by atoms with Gasteiger partial charge in [-0.2, -0.15) is 0 Å². The third-order valence-corrected chi connectivity index (χ3v) is 6.38. The lowest BCUT2D eigenvalue weighted by molar-refractivity contribution is 0.254. The summed E-state index contributed by atoms with van der Waals surface area (Å²) in [5, 5.41) is 0.290. The fourth-order valence-electron chi connectivity index (χ4n) is 3.41. The molecule has 0 spiro atoms. The second kappa shape index (κ2) is 8.69. The van der Waals surface area contributed by atoms with Crippen LogP contribution in [0.25, 0.3) is 0 Å². The fourth-order valence-corrected chi connectivity index (χ4v) is 4.74. The predicted molar refractivity (Wildman–Crippen MR) is 122 cm³/mol. The van der Waals surface area contributed by atoms with Crippen molar-refractivity contribution in [1.29, 1.82) is 0 Å². The van der Waals surface area contributed by atoms with Gasteiger partial charge in [-0.25, -0.2) is 13.5 Å². The molecule has 0 fully saturated rings. The lowest BCUT2D eigenvalue weighted by Crippen LogP contribution is -2.43. The molecule has 160 valence electrons. The number of anilines is 2. The third-order valence-electron chi connectivity index (χ3n) is 4.95. The Kier molecular flexibility index (Phi) is 5.98. The number of rotatable bonds is 5. The van der Waals surface area contributed by atoms with Gasteiger partial charge in [-0.05, 0) is 60.8 Å². The van der Waals surface area contributed by atoms with Crippen molar-refractivity contribution < 1.29 is 18.7 Å². The maximum Gasteiger partial charge on any atom is 0.339 e. The molecule has 1 aliphatic rings. The molecule has 0 aromatic heterocycles. The Balaban J connectivity index is 1.77. The van der Waals surface area contributed by atoms with E-state index in [9.17, 15) is 9.18 Å². The van der Waals surface area contributed by atoms with Crippen LogP contribution in [0.5, 0.6) is 11.5 Å². The van der Waals surface area contributed by atoms with Crippen LogP contribution in [0.15, 0.2) is 59.5 Å². The second-order valence-electron chi connectivity index (χ2n) is 6.97. The van der Waals surface area contributed by atoms with Crippen molar-refractivity contribution in [2.45, 2.75) is 18.4 Å². The number of halogens is 2. The van der Waals surface area contributed by atoms with Gasteiger partial charge in [0.2, 0.25) is 0 Å². The number of nitrogens with zero attached hydrogens (tertiary/aromatic N) is 2. The van der Waals surface area contributed by atoms with E-state index in [0.29, 0.717) is 27.9 Å². The predicted octanol–water partition coefficient (Wildman–Crippen LogP) is 6.46. The number of hydrogen-bond acceptors (Lipinski definition) is 4. The number of aryl methyl sites for hydroxylation is 1. The minimum Gasteiger partial charge on any atom is -0.493 e. The van der Waals surface area contributed by atoms with Crippen molar-refractivity contribution in [3.8, 4) is 11.5 Å². The monoisotopic (exact) mass is 458 g/mol. The summed E-state index contributed by atoms with van der Waals surface area (Å²) in [6.07, 6.45) is 0. The topological polar surface area (TPSA) is 42.0 Å². The minimum atomic E-state index is -0.439. The molecule has 0 unspecified atom stereocenters. The first kappa shape index (κ1) is 21.3. The lowest BCUT2D eigenvalue weighted by Gasteiger charge is -2.36. The molecule has 0 atom stereocenters. The van der Waals surface area contributed by atoms with Gasteiger partial charge in [0.25, 0.3) is 0 Å². The molecule has 3 aromatic carbocycles. The molecule has 1 heterocycles. The van der Waals surface area contributed by atoms with Crippen LogP contribution < -0.4 is 18.7 Å². The van der Waals surface area contributed by atoms with Crippen LogP contribution >= 0.6 is 23.5 Å². The summed E-state index contributed by atoms with van der Waals surface area (Å²) >= 11 is 7.62. The van der Waals surface area contributed by atoms with Crippen LogP contribution in [0.4, 0.5) is 20.6 Å². The Morgan fingerprint density at radius 1 is 1.03 bits per heavy atom. The molecule has 31 heavy (non-hydrogen) atoms. The largest absolute Gasteiger partial charge is 0.493 e. The van der Waals surface area contributed by atoms with Gasteiger partial charge in [0.15, 0.2) is 11.5 Å². The SMILES string of the molecule is COc1ccc(N2Sc3ccccc3N(Cc3c(F)cc(C)cc3Cl)C2=O)cc1OC. The van der Waals surface area contributed by atoms with Crippen molar-refractivity contribution in [3.63, 3.8) is 0 Å². The van der Waals surface area contributed by atoms with E-state index in [0.717, 1.165) is 10.5 Å². The maximum absolute atomic E-state index is 14.7. The van der Waals surface area contributed by atoms with Crippen LogP contribution in [0.3, 0.4) is 0 Å². The van der Waals surface area contributed by atoms with Crippen LogP contribution in [-0.4, -0.2) is 20.3 Å². The van der Waals surface area contributed by atoms with E-state index < -0.39 is 5.82 Å². The number of methoxy groups -OCH3 is 2. The number of amides is 2. The molecule has 8 heteroatoms. The van der Waals surface area contributed by atoms with Gasteiger partial charge >= 0.3 is 6.03 Å². The maximum atomic E-state index is 14.7. The van der Waals surface area contributed by atoms with E-state index in [1.54, 1.807) is 42.6 Å². The normalized spacial score (nSPS) is 13.3. The van der Waals surface area contributed by atoms with Gasteiger partial charge in [0.1, 0.15) is 5.82 Å². The van der Waals surface area contributed by atoms with Crippen molar-refractivity contribution >= 4 is 41.0 Å². The average Bonchev–Trinajstić information content (AvgIpc) is 2.76. The molecular weight excluding hydrogens is 439 g/mol. The molecule has 0 saturated heterocycles. The first-order valence-corrected chi connectivity index (χ1v) is 10.6. The van der Waals surface area contributed by atoms with Gasteiger partial charge in [0.05, 0.1) is 37.0 Å². The molecule has 0 saturated carbocycles. The van der Waals surface area contributed by atoms with Gasteiger partial charge in [-0.15, -0.1) is 0 Å². The number of ether oxygens (including phenoxy) is 2. The summed E-state index contributed by atoms with van der Waals surface area (Å²) in [5.41, 5.74) is 2.31. The van der Waals surface area contributed by atoms with Crippen LogP contribution in [0.1, 0.15) is 11.1 Å². The first-order valence-electron chi connectivity index (χ1n) is 9.48. The van der Waals surface area contributed by atoms with Crippen molar-refractivity contribution in [3.05, 3.63) is 76.6 Å². The van der Waals surface area contributed by atoms with Gasteiger partial charge < -0.3 is 9.47 Å². The third kappa shape index (κ3) is 4.03. The van der Waals surface area contributed by atoms with E-state index in [1.165, 1.54) is 30.0 Å². The molecule has 5 nitrogen and oxygen atoms in total. The standard InChI is InChI=1S/C23H20ClFN2O3S/c1-14-10-17(24)16(18(25)11-14)13-26-19-6-4-5-7-22(19)31-27(23(26)28)15-8-9-20(29-2)21(12-15)30-3/h4-12H,13H2,1-3H3. The molecule has 0 N–H and O–H groups in total. The molecule has 0 aliphatic carbocycles. The minimum absolute atomic E-state index is 0.00510. The summed E-state index contributed by atoms with van der Waals surface area (Å²) in [6, 6.07) is 15.5. The molecule has 2 amide bonds. The Bertz CT molecular complexity index is 1130. The summed E-state index contributed by atoms with van der Waals surface area (Å²) in [5.74, 6) is 0.629. The first-order chi connectivity index (χ1) is 14.9. The molecule has 4 rings (SSSR count). The van der Waals surface area contributed by atoms with Crippen molar-refractivity contribution in [2.75, 3.05) is 23.4 Å². The summed E-state index contributed by atoms with van der Waals surface area (Å²) in [6.45, 7) is 1.78. The van der Waals surface area contributed by atoms with Crippen LogP contribution in [0.2, 0.25) is 5.02 Å². The van der Waals surface area contributed by atoms with Crippen molar-refractivity contribution in [1.82, 2.24) is 0 Å². The fraction of sp³-hybridized carbons (Fsp3) is 0.174. The van der Waals surface area contributed by atoms with Gasteiger partial charge in [-0.1, -0.05) is 23.7 Å². The number of carbonyl (C=O) groups is 1. The van der Waals surface area contributed by atoms with Crippen molar-refractivity contribution in [2.24, 2.45) is 0 Å². The number of urea groups is 1. The Hall–Kier alpha value is -2.90. The smallest absolute Gasteiger partial charge is 0.339 e. The van der Waals surface area contributed by atoms with E-state index in [4.69, 9.17) is 21.1 Å². The summed E-state index contributed by atoms with van der Waals surface area (Å²) in [4.78, 5) is 15.9. The van der Waals surface area contributed by atoms with E-state index in [1.807, 2.05) is 24.3 Å². The number of hydrogen-bond donors (Lipinski definition) is 0. The summed E-state index contributed by atoms with van der Waals surface area (Å²) in [7, 11) is 3.09. The van der Waals surface area contributed by atoms with E-state index >= 15 is 0 Å². The highest BCUT2D eigenvalue weighted by atomic mass is 35.5. The van der Waals surface area contributed by atoms with Gasteiger partial charge in [-0.3, -0.25) is 4.90 Å². The Labute approximate surface area is 189 Å². The highest BCUT2D eigenvalue weighted by molar-refractivity contribution is 8.01. The number of fused-ring (bicyclic) bond motifs is 1. The van der Waals surface area contributed by atoms with Crippen LogP contribution in [0, 0.1) is 12.7 Å². The Morgan fingerprint density at radius 3 is 2.48 bits per heavy atom. The lowest BCUT2D eigenvalue weighted by atomic mass is 10.1. The second-order valence-corrected chi connectivity index (χ2v) is 8.36.